The number of carbonyl (C=O) groups is 1. The first kappa shape index (κ1) is 17.6. The molecule has 2 heterocycles. The lowest BCUT2D eigenvalue weighted by atomic mass is 9.99. The lowest BCUT2D eigenvalue weighted by Gasteiger charge is -2.17. The molecule has 4 rings (SSSR count). The number of carboxylic acid groups (broad SMARTS) is 1. The van der Waals surface area contributed by atoms with Gasteiger partial charge in [-0.15, -0.1) is 0 Å². The van der Waals surface area contributed by atoms with Gasteiger partial charge in [0.15, 0.2) is 0 Å². The third-order valence-corrected chi connectivity index (χ3v) is 6.69. The van der Waals surface area contributed by atoms with Gasteiger partial charge in [-0.25, -0.2) is 13.2 Å². The minimum Gasteiger partial charge on any atom is -0.478 e. The number of hydrogen-bond donors (Lipinski definition) is 1. The van der Waals surface area contributed by atoms with Crippen LogP contribution in [-0.2, 0) is 10.0 Å². The van der Waals surface area contributed by atoms with Gasteiger partial charge in [0.1, 0.15) is 0 Å². The average molecular weight is 382 g/mol. The van der Waals surface area contributed by atoms with Gasteiger partial charge in [0.25, 0.3) is 0 Å². The summed E-state index contributed by atoms with van der Waals surface area (Å²) < 4.78 is 27.4. The molecule has 0 saturated carbocycles. The molecule has 138 valence electrons. The van der Waals surface area contributed by atoms with Crippen molar-refractivity contribution in [2.45, 2.75) is 17.7 Å². The third-order valence-electron chi connectivity index (χ3n) is 4.81. The van der Waals surface area contributed by atoms with E-state index in [1.54, 1.807) is 18.3 Å². The van der Waals surface area contributed by atoms with Crippen LogP contribution in [0.15, 0.2) is 59.6 Å². The summed E-state index contributed by atoms with van der Waals surface area (Å²) in [5, 5.41) is 10.3. The van der Waals surface area contributed by atoms with Gasteiger partial charge in [-0.3, -0.25) is 4.98 Å². The number of benzene rings is 2. The van der Waals surface area contributed by atoms with E-state index in [1.165, 1.54) is 16.4 Å². The van der Waals surface area contributed by atoms with E-state index in [4.69, 9.17) is 0 Å². The molecule has 7 heteroatoms. The van der Waals surface area contributed by atoms with E-state index in [-0.39, 0.29) is 10.5 Å². The maximum atomic E-state index is 13.0. The predicted molar refractivity (Wildman–Crippen MR) is 102 cm³/mol. The van der Waals surface area contributed by atoms with Crippen molar-refractivity contribution in [3.63, 3.8) is 0 Å². The number of aromatic carboxylic acids is 1. The van der Waals surface area contributed by atoms with Crippen LogP contribution in [0, 0.1) is 0 Å². The van der Waals surface area contributed by atoms with E-state index in [2.05, 4.69) is 4.98 Å². The van der Waals surface area contributed by atoms with Crippen molar-refractivity contribution in [2.75, 3.05) is 13.1 Å². The van der Waals surface area contributed by atoms with Crippen LogP contribution in [-0.4, -0.2) is 41.9 Å². The quantitative estimate of drug-likeness (QED) is 0.747. The molecule has 0 atom stereocenters. The number of aromatic nitrogens is 1. The highest BCUT2D eigenvalue weighted by molar-refractivity contribution is 7.89. The largest absolute Gasteiger partial charge is 0.478 e. The van der Waals surface area contributed by atoms with Crippen LogP contribution in [0.25, 0.3) is 22.0 Å². The molecule has 3 aromatic rings. The molecular weight excluding hydrogens is 364 g/mol. The number of nitrogens with zero attached hydrogens (tertiary/aromatic N) is 2. The molecule has 0 bridgehead atoms. The molecule has 6 nitrogen and oxygen atoms in total. The Labute approximate surface area is 157 Å². The first-order valence-corrected chi connectivity index (χ1v) is 10.1. The second kappa shape index (κ2) is 6.75. The molecular formula is C20H18N2O4S. The van der Waals surface area contributed by atoms with Crippen molar-refractivity contribution in [1.82, 2.24) is 9.29 Å². The Morgan fingerprint density at radius 2 is 1.81 bits per heavy atom. The predicted octanol–water partition coefficient (Wildman–Crippen LogP) is 3.38. The SMILES string of the molecule is O=C(O)c1cc(-c2cccc3ncccc23)cc(S(=O)(=O)N2CCCC2)c1. The van der Waals surface area contributed by atoms with Crippen molar-refractivity contribution >= 4 is 26.9 Å². The zero-order chi connectivity index (χ0) is 19.0. The van der Waals surface area contributed by atoms with E-state index in [9.17, 15) is 18.3 Å². The fourth-order valence-electron chi connectivity index (χ4n) is 3.46. The van der Waals surface area contributed by atoms with Crippen molar-refractivity contribution in [3.8, 4) is 11.1 Å². The summed E-state index contributed by atoms with van der Waals surface area (Å²) in [6, 6.07) is 13.5. The summed E-state index contributed by atoms with van der Waals surface area (Å²) in [6.45, 7) is 0.931. The zero-order valence-electron chi connectivity index (χ0n) is 14.5. The number of sulfonamides is 1. The van der Waals surface area contributed by atoms with E-state index in [0.717, 1.165) is 29.3 Å². The number of rotatable bonds is 4. The lowest BCUT2D eigenvalue weighted by molar-refractivity contribution is 0.0696. The fourth-order valence-corrected chi connectivity index (χ4v) is 5.05. The third kappa shape index (κ3) is 3.20. The van der Waals surface area contributed by atoms with Crippen molar-refractivity contribution in [3.05, 3.63) is 60.3 Å². The van der Waals surface area contributed by atoms with Crippen LogP contribution >= 0.6 is 0 Å². The molecule has 0 radical (unpaired) electrons. The molecule has 0 aliphatic carbocycles. The van der Waals surface area contributed by atoms with Gasteiger partial charge in [0, 0.05) is 24.7 Å². The molecule has 0 unspecified atom stereocenters. The number of fused-ring (bicyclic) bond motifs is 1. The summed E-state index contributed by atoms with van der Waals surface area (Å²) >= 11 is 0. The summed E-state index contributed by atoms with van der Waals surface area (Å²) in [5.74, 6) is -1.16. The van der Waals surface area contributed by atoms with E-state index in [0.29, 0.717) is 18.7 Å². The number of pyridine rings is 1. The highest BCUT2D eigenvalue weighted by atomic mass is 32.2. The van der Waals surface area contributed by atoms with Gasteiger partial charge in [0.2, 0.25) is 10.0 Å². The highest BCUT2D eigenvalue weighted by Gasteiger charge is 2.28. The average Bonchev–Trinajstić information content (AvgIpc) is 3.23. The smallest absolute Gasteiger partial charge is 0.335 e. The van der Waals surface area contributed by atoms with Gasteiger partial charge in [-0.2, -0.15) is 4.31 Å². The van der Waals surface area contributed by atoms with Gasteiger partial charge in [-0.1, -0.05) is 18.2 Å². The molecule has 0 amide bonds. The molecule has 2 aromatic carbocycles. The Kier molecular flexibility index (Phi) is 4.41. The Morgan fingerprint density at radius 1 is 1.04 bits per heavy atom. The standard InChI is InChI=1S/C20H18N2O4S/c23-20(24)15-11-14(17-5-3-7-19-18(17)6-4-8-21-19)12-16(13-15)27(25,26)22-9-1-2-10-22/h3-8,11-13H,1-2,9-10H2,(H,23,24). The number of hydrogen-bond acceptors (Lipinski definition) is 4. The van der Waals surface area contributed by atoms with Crippen molar-refractivity contribution in [2.24, 2.45) is 0 Å². The molecule has 0 spiro atoms. The fraction of sp³-hybridized carbons (Fsp3) is 0.200. The van der Waals surface area contributed by atoms with Crippen LogP contribution in [0.2, 0.25) is 0 Å². The minimum atomic E-state index is -3.72. The minimum absolute atomic E-state index is 0.0141. The maximum absolute atomic E-state index is 13.0. The van der Waals surface area contributed by atoms with Crippen molar-refractivity contribution < 1.29 is 18.3 Å². The van der Waals surface area contributed by atoms with Crippen molar-refractivity contribution in [1.29, 1.82) is 0 Å². The first-order valence-electron chi connectivity index (χ1n) is 8.69. The van der Waals surface area contributed by atoms with Crippen LogP contribution in [0.3, 0.4) is 0 Å². The monoisotopic (exact) mass is 382 g/mol. The van der Waals surface area contributed by atoms with Crippen LogP contribution in [0.5, 0.6) is 0 Å². The first-order chi connectivity index (χ1) is 13.0. The lowest BCUT2D eigenvalue weighted by Crippen LogP contribution is -2.28. The second-order valence-electron chi connectivity index (χ2n) is 6.54. The van der Waals surface area contributed by atoms with E-state index >= 15 is 0 Å². The van der Waals surface area contributed by atoms with Crippen LogP contribution in [0.1, 0.15) is 23.2 Å². The maximum Gasteiger partial charge on any atom is 0.335 e. The molecule has 27 heavy (non-hydrogen) atoms. The molecule has 1 aliphatic rings. The summed E-state index contributed by atoms with van der Waals surface area (Å²) in [6.07, 6.45) is 3.32. The van der Waals surface area contributed by atoms with Gasteiger partial charge in [0.05, 0.1) is 16.0 Å². The number of carboxylic acids is 1. The Bertz CT molecular complexity index is 1130. The second-order valence-corrected chi connectivity index (χ2v) is 8.48. The Hall–Kier alpha value is -2.77. The Morgan fingerprint density at radius 3 is 2.56 bits per heavy atom. The molecule has 1 aromatic heterocycles. The normalized spacial score (nSPS) is 15.3. The van der Waals surface area contributed by atoms with Gasteiger partial charge < -0.3 is 5.11 Å². The summed E-state index contributed by atoms with van der Waals surface area (Å²) in [5.41, 5.74) is 2.01. The highest BCUT2D eigenvalue weighted by Crippen LogP contribution is 2.32. The molecule has 1 fully saturated rings. The van der Waals surface area contributed by atoms with E-state index < -0.39 is 16.0 Å². The molecule has 1 N–H and O–H groups in total. The summed E-state index contributed by atoms with van der Waals surface area (Å²) in [7, 11) is -3.72. The van der Waals surface area contributed by atoms with E-state index in [1.807, 2.05) is 24.3 Å². The zero-order valence-corrected chi connectivity index (χ0v) is 15.3. The summed E-state index contributed by atoms with van der Waals surface area (Å²) in [4.78, 5) is 16.0. The molecule has 1 aliphatic heterocycles. The van der Waals surface area contributed by atoms with Gasteiger partial charge in [-0.05, 0) is 54.3 Å². The van der Waals surface area contributed by atoms with Crippen LogP contribution in [0.4, 0.5) is 0 Å². The Balaban J connectivity index is 1.93. The topological polar surface area (TPSA) is 87.6 Å². The van der Waals surface area contributed by atoms with Gasteiger partial charge >= 0.3 is 5.97 Å². The molecule has 1 saturated heterocycles. The van der Waals surface area contributed by atoms with Crippen LogP contribution < -0.4 is 0 Å².